The van der Waals surface area contributed by atoms with Gasteiger partial charge in [-0.25, -0.2) is 15.0 Å². The highest BCUT2D eigenvalue weighted by molar-refractivity contribution is 6.12. The average molecular weight is 1620 g/mol. The first kappa shape index (κ1) is 73.0. The first-order valence-electron chi connectivity index (χ1n) is 45.1. The molecule has 608 valence electrons. The maximum Gasteiger partial charge on any atom is 0.193 e. The number of aromatic amines is 7. The summed E-state index contributed by atoms with van der Waals surface area (Å²) in [4.78, 5) is 45.1. The van der Waals surface area contributed by atoms with Crippen molar-refractivity contribution in [3.8, 4) is 34.1 Å². The summed E-state index contributed by atoms with van der Waals surface area (Å²) in [5.41, 5.74) is 36.5. The van der Waals surface area contributed by atoms with Gasteiger partial charge in [-0.15, -0.1) is 0 Å². The maximum absolute atomic E-state index is 12.6. The van der Waals surface area contributed by atoms with Crippen LogP contribution in [0.5, 0.6) is 0 Å². The van der Waals surface area contributed by atoms with Crippen molar-refractivity contribution in [2.24, 2.45) is 11.8 Å². The Morgan fingerprint density at radius 2 is 0.750 bits per heavy atom. The van der Waals surface area contributed by atoms with Crippen LogP contribution in [0.15, 0.2) is 204 Å². The smallest absolute Gasteiger partial charge is 0.193 e. The van der Waals surface area contributed by atoms with Gasteiger partial charge in [-0.2, -0.15) is 25.5 Å². The van der Waals surface area contributed by atoms with E-state index >= 15 is 0 Å². The highest BCUT2D eigenvalue weighted by Crippen LogP contribution is 2.52. The van der Waals surface area contributed by atoms with E-state index < -0.39 is 0 Å². The molecule has 29 rings (SSSR count). The summed E-state index contributed by atoms with van der Waals surface area (Å²) in [6.07, 6.45) is 45.7. The van der Waals surface area contributed by atoms with Crippen LogP contribution in [-0.4, -0.2) is 85.9 Å². The Morgan fingerprint density at radius 3 is 1.24 bits per heavy atom. The van der Waals surface area contributed by atoms with Gasteiger partial charge >= 0.3 is 0 Å². The number of rotatable bonds is 5. The second-order valence-electron chi connectivity index (χ2n) is 35.8. The monoisotopic (exact) mass is 1620 g/mol. The van der Waals surface area contributed by atoms with Crippen molar-refractivity contribution >= 4 is 142 Å². The quantitative estimate of drug-likeness (QED) is 0.0793. The molecular weight excluding hydrogens is 1530 g/mol. The molecule has 2 bridgehead atoms. The van der Waals surface area contributed by atoms with Crippen molar-refractivity contribution in [2.45, 2.75) is 166 Å². The minimum absolute atomic E-state index is 0.0337. The van der Waals surface area contributed by atoms with Crippen LogP contribution in [0.3, 0.4) is 0 Å². The van der Waals surface area contributed by atoms with Crippen LogP contribution in [0.2, 0.25) is 0 Å². The van der Waals surface area contributed by atoms with Crippen molar-refractivity contribution in [1.82, 2.24) is 85.9 Å². The summed E-state index contributed by atoms with van der Waals surface area (Å²) in [6, 6.07) is 49.2. The van der Waals surface area contributed by atoms with Gasteiger partial charge < -0.3 is 14.4 Å². The zero-order chi connectivity index (χ0) is 81.6. The van der Waals surface area contributed by atoms with E-state index in [1.165, 1.54) is 234 Å². The van der Waals surface area contributed by atoms with Crippen LogP contribution >= 0.6 is 0 Å². The SMILES string of the molecule is C1=CC2CC1CC2c1nc2ccc3[nH]ncc3c2c2c1CCCC2.O=c1cc(-c2nc3ccc4[nH]ncc4c3c3c2CCCC3)oc2ccccc12.c1cc2[nH]ncc2c2c3c(c(C4CC4)nc12)CCCC3.c1ccc2[nH]c(-c3nc4ccc5[nH]ncc5c4c4c3CCCC4)cc2c1.c1ccc2c(-c3nc4ccc5[nH]ncc5c4c4c3CCCC4)c[nH]c2c1. The van der Waals surface area contributed by atoms with Gasteiger partial charge in [0.1, 0.15) is 11.3 Å². The lowest BCUT2D eigenvalue weighted by molar-refractivity contribution is 0.556. The molecule has 21 aromatic rings. The van der Waals surface area contributed by atoms with Crippen LogP contribution in [-0.2, 0) is 64.2 Å². The first-order valence-corrected chi connectivity index (χ1v) is 45.1. The Kier molecular flexibility index (Phi) is 17.5. The van der Waals surface area contributed by atoms with Gasteiger partial charge in [-0.05, 0) is 313 Å². The molecule has 7 N–H and O–H groups in total. The van der Waals surface area contributed by atoms with E-state index in [0.29, 0.717) is 22.6 Å². The summed E-state index contributed by atoms with van der Waals surface area (Å²) in [7, 11) is 0. The summed E-state index contributed by atoms with van der Waals surface area (Å²) in [6.45, 7) is 0. The number of pyridine rings is 5. The summed E-state index contributed by atoms with van der Waals surface area (Å²) in [5, 5.41) is 52.2. The second-order valence-corrected chi connectivity index (χ2v) is 35.8. The lowest BCUT2D eigenvalue weighted by Crippen LogP contribution is -2.15. The van der Waals surface area contributed by atoms with Crippen LogP contribution in [0, 0.1) is 11.8 Å². The molecule has 2 saturated carbocycles. The number of nitrogens with one attached hydrogen (secondary N) is 7. The zero-order valence-corrected chi connectivity index (χ0v) is 69.0. The minimum Gasteiger partial charge on any atom is -0.454 e. The molecule has 3 atom stereocenters. The summed E-state index contributed by atoms with van der Waals surface area (Å²) < 4.78 is 6.14. The van der Waals surface area contributed by atoms with E-state index in [1.54, 1.807) is 34.4 Å². The molecule has 8 aliphatic carbocycles. The van der Waals surface area contributed by atoms with Gasteiger partial charge in [0, 0.05) is 117 Å². The topological polar surface area (TPSA) is 270 Å². The molecule has 19 nitrogen and oxygen atoms in total. The molecule has 0 saturated heterocycles. The first-order chi connectivity index (χ1) is 61.4. The summed E-state index contributed by atoms with van der Waals surface area (Å²) >= 11 is 0. The average Bonchev–Trinajstić information content (AvgIpc) is 1.47. The molecule has 8 aromatic carbocycles. The zero-order valence-electron chi connectivity index (χ0n) is 69.0. The molecule has 0 radical (unpaired) electrons. The fraction of sp³-hybridized carbons (Fsp3) is 0.267. The predicted molar refractivity (Wildman–Crippen MR) is 496 cm³/mol. The van der Waals surface area contributed by atoms with Crippen molar-refractivity contribution in [1.29, 1.82) is 0 Å². The van der Waals surface area contributed by atoms with Crippen molar-refractivity contribution in [3.05, 3.63) is 272 Å². The number of benzene rings is 8. The number of hydrogen-bond acceptors (Lipinski definition) is 12. The van der Waals surface area contributed by atoms with Crippen molar-refractivity contribution in [3.63, 3.8) is 0 Å². The van der Waals surface area contributed by atoms with Crippen LogP contribution < -0.4 is 5.43 Å². The lowest BCUT2D eigenvalue weighted by atomic mass is 9.80. The van der Waals surface area contributed by atoms with E-state index in [4.69, 9.17) is 29.3 Å². The Hall–Kier alpha value is -13.8. The van der Waals surface area contributed by atoms with Crippen molar-refractivity contribution < 1.29 is 4.42 Å². The fourth-order valence-corrected chi connectivity index (χ4v) is 22.7. The molecule has 3 unspecified atom stereocenters. The third kappa shape index (κ3) is 12.3. The largest absolute Gasteiger partial charge is 0.454 e. The van der Waals surface area contributed by atoms with Gasteiger partial charge in [0.25, 0.3) is 0 Å². The lowest BCUT2D eigenvalue weighted by Gasteiger charge is -2.26. The van der Waals surface area contributed by atoms with Gasteiger partial charge in [-0.1, -0.05) is 60.7 Å². The van der Waals surface area contributed by atoms with Gasteiger partial charge in [0.15, 0.2) is 11.2 Å². The predicted octanol–water partition coefficient (Wildman–Crippen LogP) is 23.6. The Morgan fingerprint density at radius 1 is 0.339 bits per heavy atom. The summed E-state index contributed by atoms with van der Waals surface area (Å²) in [5.74, 6) is 3.47. The van der Waals surface area contributed by atoms with E-state index in [-0.39, 0.29) is 5.43 Å². The molecular formula is C105H91N17O2. The molecule has 2 fully saturated rings. The number of allylic oxidation sites excluding steroid dienone is 2. The molecule has 13 heterocycles. The van der Waals surface area contributed by atoms with Crippen molar-refractivity contribution in [2.75, 3.05) is 0 Å². The van der Waals surface area contributed by atoms with Crippen LogP contribution in [0.25, 0.3) is 176 Å². The van der Waals surface area contributed by atoms with Gasteiger partial charge in [0.05, 0.1) is 109 Å². The molecule has 8 aliphatic rings. The standard InChI is InChI=1S/C23H17N3O2.2C22H18N4.C21H21N3.C17H17N3/c27-19-11-21(28-20-8-4-3-7-15(19)20)23-14-6-2-1-5-13(14)22-16-12-24-26-17(16)9-10-18(22)25-23;1-4-8-17-13(5-1)11-20(24-17)22-15-7-3-2-6-14(15)21-16-12-23-26-18(16)9-10-19(21)25-22;1-2-7-15-14(6-1)21-17-12-24-26-19(17)9-10-20(21)25-22(15)16-11-23-18-8-4-3-5-13(16)18;1-2-4-15-14(3-1)20-17-11-22-24-18(17)7-8-19(20)23-21(15)16-10-12-5-6-13(16)9-12;1-2-4-12-11(3-1)16-13-9-18-20-14(13)7-8-15(16)19-17(12)10-5-6-10/h3-4,7-12H,1-2,5-6H2,(H,24,26);1,4-5,8-12,24H,2-3,6-7H2,(H,23,26);3-5,8-12,23H,1-2,6-7H2,(H,24,26);5-8,11-13,16H,1-4,9-10H2,(H,22,24);7-10H,1-6H2,(H,18,20). The second kappa shape index (κ2) is 29.8. The molecule has 13 aromatic heterocycles. The highest BCUT2D eigenvalue weighted by Gasteiger charge is 2.40. The number of aromatic nitrogens is 17. The van der Waals surface area contributed by atoms with Gasteiger partial charge in [-0.3, -0.25) is 40.3 Å². The van der Waals surface area contributed by atoms with E-state index in [2.05, 4.69) is 182 Å². The van der Waals surface area contributed by atoms with Crippen LogP contribution in [0.4, 0.5) is 0 Å². The van der Waals surface area contributed by atoms with E-state index in [1.807, 2.05) is 61.3 Å². The molecule has 0 amide bonds. The number of aryl methyl sites for hydroxylation is 5. The minimum atomic E-state index is -0.0337. The molecule has 0 aliphatic heterocycles. The van der Waals surface area contributed by atoms with E-state index in [9.17, 15) is 4.79 Å². The Balaban J connectivity index is 0.0000000852. The number of H-pyrrole nitrogens is 7. The molecule has 19 heteroatoms. The number of nitrogens with zero attached hydrogens (tertiary/aromatic N) is 10. The van der Waals surface area contributed by atoms with E-state index in [0.717, 1.165) is 141 Å². The normalized spacial score (nSPS) is 17.6. The highest BCUT2D eigenvalue weighted by atomic mass is 16.3. The Bertz CT molecular complexity index is 7970. The Labute approximate surface area is 711 Å². The van der Waals surface area contributed by atoms with Crippen LogP contribution in [0.1, 0.15) is 169 Å². The third-order valence-corrected chi connectivity index (χ3v) is 28.6. The number of para-hydroxylation sites is 3. The fourth-order valence-electron chi connectivity index (χ4n) is 22.7. The molecule has 0 spiro atoms. The maximum atomic E-state index is 12.6. The number of fused-ring (bicyclic) bond motifs is 30. The third-order valence-electron chi connectivity index (χ3n) is 28.6. The number of hydrogen-bond donors (Lipinski definition) is 7. The van der Waals surface area contributed by atoms with Gasteiger partial charge in [0.2, 0.25) is 0 Å². The molecule has 124 heavy (non-hydrogen) atoms.